The Labute approximate surface area is 155 Å². The molecular weight excluding hydrogens is 427 g/mol. The van der Waals surface area contributed by atoms with Crippen LogP contribution in [-0.2, 0) is 9.59 Å². The van der Waals surface area contributed by atoms with Crippen molar-refractivity contribution in [2.45, 2.75) is 13.3 Å². The van der Waals surface area contributed by atoms with Crippen molar-refractivity contribution in [2.24, 2.45) is 0 Å². The van der Waals surface area contributed by atoms with E-state index in [9.17, 15) is 0 Å². The van der Waals surface area contributed by atoms with Crippen molar-refractivity contribution in [3.8, 4) is 5.75 Å². The minimum Gasteiger partial charge on any atom is -0.492 e. The number of piperazine rings is 1. The molecule has 8 heteroatoms. The number of nitrogens with one attached hydrogen (secondary N) is 1. The van der Waals surface area contributed by atoms with Crippen molar-refractivity contribution in [1.82, 2.24) is 10.2 Å². The fourth-order valence-electron chi connectivity index (χ4n) is 2.13. The number of halogens is 1. The van der Waals surface area contributed by atoms with Crippen molar-refractivity contribution in [3.63, 3.8) is 0 Å². The lowest BCUT2D eigenvalue weighted by molar-refractivity contribution is -0.159. The lowest BCUT2D eigenvalue weighted by atomic mass is 10.2. The Morgan fingerprint density at radius 1 is 1.25 bits per heavy atom. The molecule has 0 unspecified atom stereocenters. The van der Waals surface area contributed by atoms with Crippen LogP contribution in [0.5, 0.6) is 5.75 Å². The molecule has 1 heterocycles. The Kier molecular flexibility index (Phi) is 9.65. The zero-order valence-electron chi connectivity index (χ0n) is 13.6. The van der Waals surface area contributed by atoms with Gasteiger partial charge in [-0.2, -0.15) is 0 Å². The van der Waals surface area contributed by atoms with E-state index in [4.69, 9.17) is 24.5 Å². The molecule has 1 aliphatic rings. The minimum absolute atomic E-state index is 0.809. The third kappa shape index (κ3) is 8.46. The fourth-order valence-corrected chi connectivity index (χ4v) is 2.95. The molecule has 1 aliphatic heterocycles. The van der Waals surface area contributed by atoms with Crippen molar-refractivity contribution in [1.29, 1.82) is 0 Å². The van der Waals surface area contributed by atoms with E-state index in [0.29, 0.717) is 0 Å². The smallest absolute Gasteiger partial charge is 0.414 e. The van der Waals surface area contributed by atoms with E-state index in [0.717, 1.165) is 38.4 Å². The van der Waals surface area contributed by atoms with Gasteiger partial charge in [0.05, 0.1) is 10.2 Å². The summed E-state index contributed by atoms with van der Waals surface area (Å²) in [5.41, 5.74) is 1.28. The monoisotopic (exact) mass is 450 g/mol. The quantitative estimate of drug-likeness (QED) is 0.355. The maximum atomic E-state index is 9.10. The number of benzene rings is 1. The second-order valence-electron chi connectivity index (χ2n) is 5.34. The Morgan fingerprint density at radius 2 is 1.88 bits per heavy atom. The summed E-state index contributed by atoms with van der Waals surface area (Å²) in [6.45, 7) is 8.64. The Balaban J connectivity index is 0.000000413. The zero-order valence-corrected chi connectivity index (χ0v) is 15.8. The summed E-state index contributed by atoms with van der Waals surface area (Å²) in [5, 5.41) is 18.2. The number of carbonyl (C=O) groups is 2. The van der Waals surface area contributed by atoms with Crippen LogP contribution in [0.1, 0.15) is 12.0 Å². The highest BCUT2D eigenvalue weighted by atomic mass is 127. The van der Waals surface area contributed by atoms with Gasteiger partial charge in [-0.25, -0.2) is 9.59 Å². The molecule has 3 N–H and O–H groups in total. The second kappa shape index (κ2) is 11.2. The van der Waals surface area contributed by atoms with E-state index in [-0.39, 0.29) is 0 Å². The van der Waals surface area contributed by atoms with Crippen LogP contribution in [-0.4, -0.2) is 66.4 Å². The predicted molar refractivity (Wildman–Crippen MR) is 98.6 cm³/mol. The van der Waals surface area contributed by atoms with Gasteiger partial charge in [-0.3, -0.25) is 0 Å². The minimum atomic E-state index is -1.82. The number of aliphatic carboxylic acids is 2. The maximum Gasteiger partial charge on any atom is 0.414 e. The molecule has 2 rings (SSSR count). The van der Waals surface area contributed by atoms with E-state index in [1.54, 1.807) is 0 Å². The molecule has 0 amide bonds. The fraction of sp³-hybridized carbons (Fsp3) is 0.500. The molecule has 0 bridgehead atoms. The van der Waals surface area contributed by atoms with Crippen molar-refractivity contribution < 1.29 is 24.5 Å². The van der Waals surface area contributed by atoms with E-state index in [1.807, 2.05) is 0 Å². The summed E-state index contributed by atoms with van der Waals surface area (Å²) in [5.74, 6) is -2.63. The highest BCUT2D eigenvalue weighted by Crippen LogP contribution is 2.21. The molecule has 1 aromatic carbocycles. The number of rotatable bonds is 5. The van der Waals surface area contributed by atoms with Crippen molar-refractivity contribution in [2.75, 3.05) is 39.3 Å². The van der Waals surface area contributed by atoms with Crippen molar-refractivity contribution >= 4 is 34.5 Å². The molecule has 0 saturated carbocycles. The van der Waals surface area contributed by atoms with Gasteiger partial charge >= 0.3 is 11.9 Å². The van der Waals surface area contributed by atoms with Crippen LogP contribution in [0.15, 0.2) is 18.2 Å². The van der Waals surface area contributed by atoms with Gasteiger partial charge < -0.3 is 25.2 Å². The average Bonchev–Trinajstić information content (AvgIpc) is 2.54. The molecule has 7 nitrogen and oxygen atoms in total. The lowest BCUT2D eigenvalue weighted by Gasteiger charge is -2.27. The normalized spacial score (nSPS) is 14.4. The van der Waals surface area contributed by atoms with Crippen LogP contribution in [0.25, 0.3) is 0 Å². The van der Waals surface area contributed by atoms with Crippen LogP contribution < -0.4 is 10.1 Å². The standard InChI is InChI=1S/C14H21IN2O.C2H2O4/c1-12-3-4-14(13(15)11-12)18-10-2-7-17-8-5-16-6-9-17;3-1(4)2(5)6/h3-4,11,16H,2,5-10H2,1H3;(H,3,4)(H,5,6). The number of aryl methyl sites for hydroxylation is 1. The Bertz CT molecular complexity index is 535. The molecule has 0 atom stereocenters. The first-order valence-electron chi connectivity index (χ1n) is 7.68. The molecule has 0 spiro atoms. The van der Waals surface area contributed by atoms with Crippen LogP contribution >= 0.6 is 22.6 Å². The van der Waals surface area contributed by atoms with E-state index < -0.39 is 11.9 Å². The summed E-state index contributed by atoms with van der Waals surface area (Å²) in [7, 11) is 0. The first kappa shape index (κ1) is 20.7. The Hall–Kier alpha value is -1.39. The molecule has 1 fully saturated rings. The van der Waals surface area contributed by atoms with Gasteiger partial charge in [0.15, 0.2) is 0 Å². The SMILES string of the molecule is Cc1ccc(OCCCN2CCNCC2)c(I)c1.O=C(O)C(=O)O. The van der Waals surface area contributed by atoms with Crippen LogP contribution in [0.2, 0.25) is 0 Å². The van der Waals surface area contributed by atoms with E-state index in [1.165, 1.54) is 22.2 Å². The van der Waals surface area contributed by atoms with Crippen LogP contribution in [0, 0.1) is 10.5 Å². The summed E-state index contributed by atoms with van der Waals surface area (Å²) in [6, 6.07) is 6.34. The third-order valence-electron chi connectivity index (χ3n) is 3.36. The number of nitrogens with zero attached hydrogens (tertiary/aromatic N) is 1. The number of carboxylic acid groups (broad SMARTS) is 2. The van der Waals surface area contributed by atoms with Gasteiger partial charge in [0.1, 0.15) is 5.75 Å². The molecule has 0 aromatic heterocycles. The topological polar surface area (TPSA) is 99.1 Å². The molecule has 1 saturated heterocycles. The van der Waals surface area contributed by atoms with Gasteiger partial charge in [-0.1, -0.05) is 6.07 Å². The van der Waals surface area contributed by atoms with Gasteiger partial charge in [0.25, 0.3) is 0 Å². The summed E-state index contributed by atoms with van der Waals surface area (Å²) >= 11 is 2.34. The number of hydrogen-bond donors (Lipinski definition) is 3. The molecule has 24 heavy (non-hydrogen) atoms. The highest BCUT2D eigenvalue weighted by Gasteiger charge is 2.08. The number of ether oxygens (including phenoxy) is 1. The number of hydrogen-bond acceptors (Lipinski definition) is 5. The average molecular weight is 450 g/mol. The molecule has 1 aromatic rings. The second-order valence-corrected chi connectivity index (χ2v) is 6.50. The van der Waals surface area contributed by atoms with Gasteiger partial charge in [0.2, 0.25) is 0 Å². The van der Waals surface area contributed by atoms with E-state index in [2.05, 4.69) is 57.9 Å². The van der Waals surface area contributed by atoms with Crippen LogP contribution in [0.3, 0.4) is 0 Å². The van der Waals surface area contributed by atoms with Crippen LogP contribution in [0.4, 0.5) is 0 Å². The van der Waals surface area contributed by atoms with Gasteiger partial charge in [-0.05, 0) is 53.6 Å². The zero-order chi connectivity index (χ0) is 17.9. The molecule has 134 valence electrons. The van der Waals surface area contributed by atoms with Gasteiger partial charge in [-0.15, -0.1) is 0 Å². The first-order valence-corrected chi connectivity index (χ1v) is 8.76. The van der Waals surface area contributed by atoms with Gasteiger partial charge in [0, 0.05) is 32.7 Å². The third-order valence-corrected chi connectivity index (χ3v) is 4.20. The van der Waals surface area contributed by atoms with E-state index >= 15 is 0 Å². The van der Waals surface area contributed by atoms with Crippen molar-refractivity contribution in [3.05, 3.63) is 27.3 Å². The summed E-state index contributed by atoms with van der Waals surface area (Å²) in [6.07, 6.45) is 1.10. The molecule has 0 aliphatic carbocycles. The first-order chi connectivity index (χ1) is 11.4. The molecule has 0 radical (unpaired) electrons. The summed E-state index contributed by atoms with van der Waals surface area (Å²) in [4.78, 5) is 20.7. The molecular formula is C16H23IN2O5. The summed E-state index contributed by atoms with van der Waals surface area (Å²) < 4.78 is 7.04. The Morgan fingerprint density at radius 3 is 2.42 bits per heavy atom. The highest BCUT2D eigenvalue weighted by molar-refractivity contribution is 14.1. The maximum absolute atomic E-state index is 9.10. The number of carboxylic acids is 2. The predicted octanol–water partition coefficient (Wildman–Crippen LogP) is 1.43. The lowest BCUT2D eigenvalue weighted by Crippen LogP contribution is -2.43. The largest absolute Gasteiger partial charge is 0.492 e.